The minimum absolute atomic E-state index is 0.0347. The Morgan fingerprint density at radius 3 is 2.76 bits per heavy atom. The zero-order chi connectivity index (χ0) is 17.6. The Balaban J connectivity index is 1.56. The van der Waals surface area contributed by atoms with Gasteiger partial charge in [-0.1, -0.05) is 6.92 Å². The highest BCUT2D eigenvalue weighted by atomic mass is 16.6. The molecule has 2 fully saturated rings. The Morgan fingerprint density at radius 2 is 2.04 bits per heavy atom. The van der Waals surface area contributed by atoms with Gasteiger partial charge < -0.3 is 14.8 Å². The first-order valence-corrected chi connectivity index (χ1v) is 8.66. The molecule has 1 saturated heterocycles. The van der Waals surface area contributed by atoms with E-state index in [9.17, 15) is 14.9 Å². The van der Waals surface area contributed by atoms with E-state index in [0.717, 1.165) is 13.1 Å². The van der Waals surface area contributed by atoms with Crippen LogP contribution in [-0.2, 0) is 0 Å². The molecule has 134 valence electrons. The number of fused-ring (bicyclic) bond motifs is 1. The Labute approximate surface area is 145 Å². The summed E-state index contributed by atoms with van der Waals surface area (Å²) in [5.74, 6) is 0.542. The molecular formula is C17H21N3O5. The summed E-state index contributed by atoms with van der Waals surface area (Å²) in [6.45, 7) is 4.55. The highest BCUT2D eigenvalue weighted by Gasteiger charge is 2.39. The molecule has 0 bridgehead atoms. The molecule has 2 heterocycles. The summed E-state index contributed by atoms with van der Waals surface area (Å²) in [6.07, 6.45) is 2.47. The van der Waals surface area contributed by atoms with Crippen molar-refractivity contribution in [1.82, 2.24) is 10.2 Å². The van der Waals surface area contributed by atoms with Crippen molar-refractivity contribution in [1.29, 1.82) is 0 Å². The molecule has 1 saturated carbocycles. The van der Waals surface area contributed by atoms with Crippen molar-refractivity contribution in [3.8, 4) is 11.5 Å². The van der Waals surface area contributed by atoms with Gasteiger partial charge in [0.25, 0.3) is 11.6 Å². The standard InChI is InChI=1S/C17H21N3O5/c1-10-8-19(11-2-3-11)9-14(10)18-17(21)13-6-12(20(22)23)7-15-16(13)25-5-4-24-15/h6-7,10-11,14H,2-5,8-9H2,1H3,(H,18,21). The zero-order valence-corrected chi connectivity index (χ0v) is 14.1. The third kappa shape index (κ3) is 3.13. The third-order valence-corrected chi connectivity index (χ3v) is 5.10. The number of hydrogen-bond acceptors (Lipinski definition) is 6. The smallest absolute Gasteiger partial charge is 0.274 e. The van der Waals surface area contributed by atoms with E-state index >= 15 is 0 Å². The summed E-state index contributed by atoms with van der Waals surface area (Å²) in [5, 5.41) is 14.2. The molecule has 3 aliphatic rings. The van der Waals surface area contributed by atoms with E-state index in [4.69, 9.17) is 9.47 Å². The van der Waals surface area contributed by atoms with E-state index in [1.54, 1.807) is 0 Å². The maximum Gasteiger partial charge on any atom is 0.274 e. The number of benzene rings is 1. The van der Waals surface area contributed by atoms with Gasteiger partial charge in [0.05, 0.1) is 16.6 Å². The predicted molar refractivity (Wildman–Crippen MR) is 89.1 cm³/mol. The van der Waals surface area contributed by atoms with Crippen molar-refractivity contribution in [3.63, 3.8) is 0 Å². The van der Waals surface area contributed by atoms with Crippen LogP contribution >= 0.6 is 0 Å². The van der Waals surface area contributed by atoms with Crippen molar-refractivity contribution in [3.05, 3.63) is 27.8 Å². The van der Waals surface area contributed by atoms with Gasteiger partial charge in [-0.25, -0.2) is 0 Å². The van der Waals surface area contributed by atoms with E-state index < -0.39 is 4.92 Å². The fourth-order valence-corrected chi connectivity index (χ4v) is 3.59. The molecule has 0 radical (unpaired) electrons. The molecule has 2 aliphatic heterocycles. The molecule has 1 amide bonds. The van der Waals surface area contributed by atoms with Crippen LogP contribution in [0.5, 0.6) is 11.5 Å². The van der Waals surface area contributed by atoms with Gasteiger partial charge in [0.15, 0.2) is 11.5 Å². The number of hydrogen-bond donors (Lipinski definition) is 1. The molecule has 0 spiro atoms. The minimum atomic E-state index is -0.526. The first-order chi connectivity index (χ1) is 12.0. The van der Waals surface area contributed by atoms with Crippen molar-refractivity contribution >= 4 is 11.6 Å². The molecule has 8 heteroatoms. The van der Waals surface area contributed by atoms with Crippen LogP contribution < -0.4 is 14.8 Å². The number of nitro groups is 1. The number of carbonyl (C=O) groups is 1. The number of rotatable bonds is 4. The summed E-state index contributed by atoms with van der Waals surface area (Å²) in [5.41, 5.74) is -0.00514. The number of likely N-dealkylation sites (tertiary alicyclic amines) is 1. The second-order valence-corrected chi connectivity index (χ2v) is 7.02. The van der Waals surface area contributed by atoms with Gasteiger partial charge in [0.2, 0.25) is 0 Å². The lowest BCUT2D eigenvalue weighted by atomic mass is 10.1. The maximum absolute atomic E-state index is 12.8. The van der Waals surface area contributed by atoms with Crippen molar-refractivity contribution in [2.75, 3.05) is 26.3 Å². The van der Waals surface area contributed by atoms with E-state index in [1.165, 1.54) is 25.0 Å². The molecule has 1 N–H and O–H groups in total. The fraction of sp³-hybridized carbons (Fsp3) is 0.588. The van der Waals surface area contributed by atoms with Gasteiger partial charge in [0, 0.05) is 31.2 Å². The van der Waals surface area contributed by atoms with Crippen LogP contribution in [0.3, 0.4) is 0 Å². The summed E-state index contributed by atoms with van der Waals surface area (Å²) in [4.78, 5) is 25.8. The number of non-ortho nitro benzene ring substituents is 1. The van der Waals surface area contributed by atoms with Gasteiger partial charge in [-0.3, -0.25) is 19.8 Å². The molecule has 25 heavy (non-hydrogen) atoms. The number of ether oxygens (including phenoxy) is 2. The van der Waals surface area contributed by atoms with Crippen molar-refractivity contribution in [2.45, 2.75) is 31.8 Å². The Kier molecular flexibility index (Phi) is 3.99. The van der Waals surface area contributed by atoms with Crippen LogP contribution in [-0.4, -0.2) is 54.1 Å². The second kappa shape index (κ2) is 6.18. The summed E-state index contributed by atoms with van der Waals surface area (Å²) < 4.78 is 11.0. The molecule has 2 atom stereocenters. The minimum Gasteiger partial charge on any atom is -0.486 e. The molecule has 1 aliphatic carbocycles. The monoisotopic (exact) mass is 347 g/mol. The molecular weight excluding hydrogens is 326 g/mol. The number of amides is 1. The molecule has 1 aromatic rings. The van der Waals surface area contributed by atoms with Crippen LogP contribution in [0.1, 0.15) is 30.1 Å². The Bertz CT molecular complexity index is 718. The number of nitro benzene ring substituents is 1. The first-order valence-electron chi connectivity index (χ1n) is 8.66. The van der Waals surface area contributed by atoms with Gasteiger partial charge in [-0.15, -0.1) is 0 Å². The quantitative estimate of drug-likeness (QED) is 0.656. The van der Waals surface area contributed by atoms with Gasteiger partial charge in [-0.05, 0) is 18.8 Å². The van der Waals surface area contributed by atoms with E-state index in [1.807, 2.05) is 0 Å². The fourth-order valence-electron chi connectivity index (χ4n) is 3.59. The lowest BCUT2D eigenvalue weighted by Crippen LogP contribution is -2.40. The van der Waals surface area contributed by atoms with Crippen LogP contribution in [0.15, 0.2) is 12.1 Å². The average Bonchev–Trinajstić information content (AvgIpc) is 3.38. The van der Waals surface area contributed by atoms with Crippen LogP contribution in [0.2, 0.25) is 0 Å². The maximum atomic E-state index is 12.8. The van der Waals surface area contributed by atoms with Crippen LogP contribution in [0, 0.1) is 16.0 Å². The lowest BCUT2D eigenvalue weighted by molar-refractivity contribution is -0.385. The first kappa shape index (κ1) is 16.1. The molecule has 8 nitrogen and oxygen atoms in total. The molecule has 0 aromatic heterocycles. The van der Waals surface area contributed by atoms with E-state index in [-0.39, 0.29) is 28.9 Å². The topological polar surface area (TPSA) is 93.9 Å². The highest BCUT2D eigenvalue weighted by molar-refractivity contribution is 5.99. The van der Waals surface area contributed by atoms with Crippen molar-refractivity contribution in [2.24, 2.45) is 5.92 Å². The Morgan fingerprint density at radius 1 is 1.28 bits per heavy atom. The van der Waals surface area contributed by atoms with E-state index in [0.29, 0.717) is 30.9 Å². The number of carbonyl (C=O) groups excluding carboxylic acids is 1. The van der Waals surface area contributed by atoms with E-state index in [2.05, 4.69) is 17.1 Å². The lowest BCUT2D eigenvalue weighted by Gasteiger charge is -2.22. The summed E-state index contributed by atoms with van der Waals surface area (Å²) >= 11 is 0. The number of nitrogens with one attached hydrogen (secondary N) is 1. The normalized spacial score (nSPS) is 25.6. The molecule has 1 aromatic carbocycles. The van der Waals surface area contributed by atoms with Gasteiger partial charge >= 0.3 is 0 Å². The van der Waals surface area contributed by atoms with Gasteiger partial charge in [-0.2, -0.15) is 0 Å². The summed E-state index contributed by atoms with van der Waals surface area (Å²) in [7, 11) is 0. The zero-order valence-electron chi connectivity index (χ0n) is 14.1. The number of nitrogens with zero attached hydrogens (tertiary/aromatic N) is 2. The van der Waals surface area contributed by atoms with Crippen molar-refractivity contribution < 1.29 is 19.2 Å². The Hall–Kier alpha value is -2.35. The third-order valence-electron chi connectivity index (χ3n) is 5.10. The predicted octanol–water partition coefficient (Wildman–Crippen LogP) is 1.58. The van der Waals surface area contributed by atoms with Crippen LogP contribution in [0.4, 0.5) is 5.69 Å². The average molecular weight is 347 g/mol. The second-order valence-electron chi connectivity index (χ2n) is 7.02. The SMILES string of the molecule is CC1CN(C2CC2)CC1NC(=O)c1cc([N+](=O)[O-])cc2c1OCCO2. The van der Waals surface area contributed by atoms with Crippen LogP contribution in [0.25, 0.3) is 0 Å². The molecule has 2 unspecified atom stereocenters. The highest BCUT2D eigenvalue weighted by Crippen LogP contribution is 2.38. The molecule has 4 rings (SSSR count). The van der Waals surface area contributed by atoms with Gasteiger partial charge in [0.1, 0.15) is 13.2 Å². The largest absolute Gasteiger partial charge is 0.486 e. The summed E-state index contributed by atoms with van der Waals surface area (Å²) in [6, 6.07) is 3.26.